The Kier molecular flexibility index (Phi) is 10.7. The van der Waals surface area contributed by atoms with Crippen LogP contribution in [-0.2, 0) is 28.4 Å². The van der Waals surface area contributed by atoms with Gasteiger partial charge in [0, 0.05) is 62.6 Å². The Balaban J connectivity index is 1.36. The minimum atomic E-state index is -4.17. The van der Waals surface area contributed by atoms with Crippen LogP contribution in [0.5, 0.6) is 0 Å². The van der Waals surface area contributed by atoms with Crippen molar-refractivity contribution in [2.45, 2.75) is 69.0 Å². The number of nitrogens with one attached hydrogen (secondary N) is 1. The van der Waals surface area contributed by atoms with Crippen LogP contribution in [-0.4, -0.2) is 75.1 Å². The van der Waals surface area contributed by atoms with Gasteiger partial charge >= 0.3 is 0 Å². The molecule has 0 spiro atoms. The Morgan fingerprint density at radius 2 is 2.00 bits per heavy atom. The zero-order valence-corrected chi connectivity index (χ0v) is 25.6. The smallest absolute Gasteiger partial charge is 0.266 e. The fourth-order valence-electron chi connectivity index (χ4n) is 5.33. The van der Waals surface area contributed by atoms with Crippen molar-refractivity contribution in [3.05, 3.63) is 29.1 Å². The molecule has 2 aromatic rings. The van der Waals surface area contributed by atoms with Crippen LogP contribution in [0.3, 0.4) is 0 Å². The van der Waals surface area contributed by atoms with Crippen molar-refractivity contribution in [3.8, 4) is 17.9 Å². The van der Waals surface area contributed by atoms with Crippen LogP contribution >= 0.6 is 11.8 Å². The molecule has 2 N–H and O–H groups in total. The molecule has 2 fully saturated rings. The molecule has 14 heteroatoms. The zero-order valence-electron chi connectivity index (χ0n) is 23.9. The van der Waals surface area contributed by atoms with Crippen molar-refractivity contribution in [1.82, 2.24) is 19.8 Å². The van der Waals surface area contributed by atoms with Gasteiger partial charge in [-0.15, -0.1) is 17.7 Å². The van der Waals surface area contributed by atoms with E-state index in [0.717, 1.165) is 31.4 Å². The summed E-state index contributed by atoms with van der Waals surface area (Å²) in [5.74, 6) is 2.37. The second-order valence-corrected chi connectivity index (χ2v) is 13.7. The third kappa shape index (κ3) is 8.68. The maximum Gasteiger partial charge on any atom is 0.266 e. The van der Waals surface area contributed by atoms with Gasteiger partial charge in [-0.25, -0.2) is 13.8 Å². The molecule has 2 aromatic heterocycles. The lowest BCUT2D eigenvalue weighted by Crippen LogP contribution is -2.43. The highest BCUT2D eigenvalue weighted by Gasteiger charge is 2.44. The van der Waals surface area contributed by atoms with Gasteiger partial charge in [-0.05, 0) is 31.7 Å². The number of aryl methyl sites for hydroxylation is 1. The molecule has 1 saturated carbocycles. The highest BCUT2D eigenvalue weighted by atomic mass is 32.2. The lowest BCUT2D eigenvalue weighted by Gasteiger charge is -2.31. The van der Waals surface area contributed by atoms with Gasteiger partial charge in [0.2, 0.25) is 5.91 Å². The van der Waals surface area contributed by atoms with E-state index in [1.807, 2.05) is 11.6 Å². The number of carbonyl (C=O) groups is 2. The Labute approximate surface area is 254 Å². The number of alkyl halides is 2. The normalized spacial score (nSPS) is 18.4. The summed E-state index contributed by atoms with van der Waals surface area (Å²) in [5.41, 5.74) is 2.28. The van der Waals surface area contributed by atoms with Crippen LogP contribution in [0.2, 0.25) is 0 Å². The molecule has 2 aliphatic rings. The number of nitrogens with zero attached hydrogens (tertiary/aromatic N) is 4. The number of aromatic nitrogens is 2. The third-order valence-electron chi connectivity index (χ3n) is 7.68. The first-order valence-corrected chi connectivity index (χ1v) is 16.9. The number of hydrogen-bond acceptors (Lipinski definition) is 7. The first-order chi connectivity index (χ1) is 20.4. The summed E-state index contributed by atoms with van der Waals surface area (Å²) >= 11 is 1.28. The molecule has 0 bridgehead atoms. The predicted octanol–water partition coefficient (Wildman–Crippen LogP) is 3.90. The Bertz CT molecular complexity index is 1560. The summed E-state index contributed by atoms with van der Waals surface area (Å²) in [5, 5.41) is 12.1. The van der Waals surface area contributed by atoms with E-state index in [2.05, 4.69) is 28.2 Å². The van der Waals surface area contributed by atoms with Gasteiger partial charge in [0.1, 0.15) is 11.7 Å². The number of halogens is 2. The van der Waals surface area contributed by atoms with Crippen LogP contribution in [0, 0.1) is 29.1 Å². The zero-order chi connectivity index (χ0) is 31.2. The van der Waals surface area contributed by atoms with E-state index in [-0.39, 0.29) is 43.0 Å². The number of amides is 2. The van der Waals surface area contributed by atoms with Crippen LogP contribution < -0.4 is 5.32 Å². The molecule has 232 valence electrons. The van der Waals surface area contributed by atoms with Gasteiger partial charge in [-0.2, -0.15) is 13.7 Å². The monoisotopic (exact) mass is 635 g/mol. The summed E-state index contributed by atoms with van der Waals surface area (Å²) in [6.45, 7) is 0.128. The molecule has 1 atom stereocenters. The SMILES string of the molecule is Cn1c(CCCCCCC#CC2CC(F)(F)C2)c(C(=O)N2CC[C@H](C(=O)NCCS(=O)(=O)O)SC2)c2cc(C#N)cnc21. The standard InChI is InChI=1S/C29H35F2N5O5S2/c1-35-23(9-7-5-3-2-4-6-8-20-15-29(30,31)16-20)25(22-14-21(17-32)18-34-26(22)35)28(38)36-12-10-24(42-19-36)27(37)33-11-13-43(39,40)41/h14,18,20,24H,2-5,7,9-13,15-16,19H2,1H3,(H,33,37)(H,39,40,41)/t24-/m1/s1. The molecule has 10 nitrogen and oxygen atoms in total. The van der Waals surface area contributed by atoms with Crippen LogP contribution in [0.15, 0.2) is 12.3 Å². The minimum Gasteiger partial charge on any atom is -0.354 e. The topological polar surface area (TPSA) is 145 Å². The Morgan fingerprint density at radius 3 is 2.65 bits per heavy atom. The molecule has 0 radical (unpaired) electrons. The summed E-state index contributed by atoms with van der Waals surface area (Å²) in [6, 6.07) is 3.76. The van der Waals surface area contributed by atoms with Crippen molar-refractivity contribution in [3.63, 3.8) is 0 Å². The van der Waals surface area contributed by atoms with Gasteiger partial charge in [-0.1, -0.05) is 18.8 Å². The average molecular weight is 636 g/mol. The van der Waals surface area contributed by atoms with Crippen LogP contribution in [0.4, 0.5) is 8.78 Å². The molecule has 3 heterocycles. The number of carbonyl (C=O) groups excluding carboxylic acids is 2. The second kappa shape index (κ2) is 14.1. The maximum absolute atomic E-state index is 13.9. The van der Waals surface area contributed by atoms with E-state index < -0.39 is 27.0 Å². The average Bonchev–Trinajstić information content (AvgIpc) is 3.22. The van der Waals surface area contributed by atoms with E-state index >= 15 is 0 Å². The molecular formula is C29H35F2N5O5S2. The largest absolute Gasteiger partial charge is 0.354 e. The molecule has 1 aliphatic carbocycles. The van der Waals surface area contributed by atoms with Gasteiger partial charge in [0.15, 0.2) is 0 Å². The van der Waals surface area contributed by atoms with Gasteiger partial charge in [0.25, 0.3) is 21.9 Å². The van der Waals surface area contributed by atoms with Crippen molar-refractivity contribution in [2.75, 3.05) is 24.7 Å². The lowest BCUT2D eigenvalue weighted by molar-refractivity contribution is -0.120. The van der Waals surface area contributed by atoms with Gasteiger partial charge in [-0.3, -0.25) is 14.1 Å². The van der Waals surface area contributed by atoms with Gasteiger partial charge in [0.05, 0.1) is 28.0 Å². The van der Waals surface area contributed by atoms with Crippen molar-refractivity contribution in [1.29, 1.82) is 5.26 Å². The Morgan fingerprint density at radius 1 is 1.26 bits per heavy atom. The molecular weight excluding hydrogens is 600 g/mol. The summed E-state index contributed by atoms with van der Waals surface area (Å²) < 4.78 is 58.4. The lowest BCUT2D eigenvalue weighted by atomic mass is 9.82. The van der Waals surface area contributed by atoms with Crippen molar-refractivity contribution >= 4 is 44.7 Å². The summed E-state index contributed by atoms with van der Waals surface area (Å²) in [7, 11) is -2.32. The van der Waals surface area contributed by atoms with Crippen LogP contribution in [0.25, 0.3) is 11.0 Å². The van der Waals surface area contributed by atoms with E-state index in [1.165, 1.54) is 18.0 Å². The predicted molar refractivity (Wildman–Crippen MR) is 159 cm³/mol. The van der Waals surface area contributed by atoms with E-state index in [4.69, 9.17) is 4.55 Å². The molecule has 1 aliphatic heterocycles. The molecule has 4 rings (SSSR count). The number of pyridine rings is 1. The van der Waals surface area contributed by atoms with E-state index in [9.17, 15) is 32.0 Å². The molecule has 0 aromatic carbocycles. The highest BCUT2D eigenvalue weighted by molar-refractivity contribution is 8.00. The number of nitriles is 1. The highest BCUT2D eigenvalue weighted by Crippen LogP contribution is 2.41. The fourth-order valence-corrected chi connectivity index (χ4v) is 6.81. The fraction of sp³-hybridized carbons (Fsp3) is 0.586. The Hall–Kier alpha value is -3.20. The summed E-state index contributed by atoms with van der Waals surface area (Å²) in [4.78, 5) is 32.4. The first-order valence-electron chi connectivity index (χ1n) is 14.3. The number of hydrogen-bond donors (Lipinski definition) is 2. The minimum absolute atomic E-state index is 0.136. The maximum atomic E-state index is 13.9. The van der Waals surface area contributed by atoms with E-state index in [0.29, 0.717) is 48.0 Å². The number of unbranched alkanes of at least 4 members (excludes halogenated alkanes) is 4. The third-order valence-corrected chi connectivity index (χ3v) is 9.72. The molecule has 1 saturated heterocycles. The van der Waals surface area contributed by atoms with Crippen LogP contribution in [0.1, 0.15) is 73.0 Å². The molecule has 2 amide bonds. The van der Waals surface area contributed by atoms with Gasteiger partial charge < -0.3 is 14.8 Å². The van der Waals surface area contributed by atoms with Crippen molar-refractivity contribution < 1.29 is 31.3 Å². The summed E-state index contributed by atoms with van der Waals surface area (Å²) in [6.07, 6.45) is 6.41. The number of fused-ring (bicyclic) bond motifs is 1. The van der Waals surface area contributed by atoms with E-state index in [1.54, 1.807) is 11.0 Å². The molecule has 43 heavy (non-hydrogen) atoms. The van der Waals surface area contributed by atoms with Crippen molar-refractivity contribution in [2.24, 2.45) is 13.0 Å². The quantitative estimate of drug-likeness (QED) is 0.215. The number of rotatable bonds is 11. The molecule has 0 unspecified atom stereocenters. The second-order valence-electron chi connectivity index (χ2n) is 11.0. The first kappa shape index (κ1) is 32.7. The number of thioether (sulfide) groups is 1.